The van der Waals surface area contributed by atoms with Gasteiger partial charge in [-0.15, -0.1) is 0 Å². The van der Waals surface area contributed by atoms with E-state index < -0.39 is 11.7 Å². The highest BCUT2D eigenvalue weighted by Crippen LogP contribution is 2.30. The second-order valence-corrected chi connectivity index (χ2v) is 6.00. The first-order chi connectivity index (χ1) is 11.3. The molecule has 3 rings (SSSR count). The Kier molecular flexibility index (Phi) is 4.25. The lowest BCUT2D eigenvalue weighted by atomic mass is 10.2. The van der Waals surface area contributed by atoms with Gasteiger partial charge in [0.15, 0.2) is 0 Å². The first kappa shape index (κ1) is 16.8. The van der Waals surface area contributed by atoms with Gasteiger partial charge in [0.1, 0.15) is 11.3 Å². The number of carbonyl (C=O) groups excluding carboxylic acids is 1. The minimum atomic E-state index is -4.46. The topological polar surface area (TPSA) is 40.9 Å². The van der Waals surface area contributed by atoms with Crippen molar-refractivity contribution < 1.29 is 18.0 Å². The lowest BCUT2D eigenvalue weighted by Crippen LogP contribution is -2.47. The van der Waals surface area contributed by atoms with Gasteiger partial charge in [0.2, 0.25) is 0 Å². The van der Waals surface area contributed by atoms with Gasteiger partial charge in [-0.3, -0.25) is 9.20 Å². The second-order valence-electron chi connectivity index (χ2n) is 6.00. The van der Waals surface area contributed by atoms with Crippen molar-refractivity contribution >= 4 is 11.6 Å². The van der Waals surface area contributed by atoms with Gasteiger partial charge in [0, 0.05) is 32.4 Å². The zero-order valence-electron chi connectivity index (χ0n) is 13.6. The number of likely N-dealkylation sites (N-methyl/N-ethyl adjacent to an activating group) is 1. The first-order valence-corrected chi connectivity index (χ1v) is 7.87. The molecule has 8 heteroatoms. The van der Waals surface area contributed by atoms with Crippen molar-refractivity contribution in [2.45, 2.75) is 19.5 Å². The normalized spacial score (nSPS) is 16.8. The van der Waals surface area contributed by atoms with E-state index in [1.807, 2.05) is 14.0 Å². The molecule has 0 aromatic carbocycles. The number of rotatable bonds is 2. The minimum Gasteiger partial charge on any atom is -0.335 e. The van der Waals surface area contributed by atoms with Crippen LogP contribution in [-0.4, -0.2) is 58.3 Å². The Bertz CT molecular complexity index is 761. The fourth-order valence-electron chi connectivity index (χ4n) is 2.89. The van der Waals surface area contributed by atoms with Crippen LogP contribution in [0.3, 0.4) is 0 Å². The van der Waals surface area contributed by atoms with E-state index in [1.165, 1.54) is 10.5 Å². The van der Waals surface area contributed by atoms with Crippen molar-refractivity contribution in [1.29, 1.82) is 0 Å². The Labute approximate surface area is 137 Å². The molecule has 0 aliphatic carbocycles. The van der Waals surface area contributed by atoms with Gasteiger partial charge in [-0.05, 0) is 25.6 Å². The summed E-state index contributed by atoms with van der Waals surface area (Å²) in [6, 6.07) is 2.30. The third-order valence-corrected chi connectivity index (χ3v) is 4.35. The van der Waals surface area contributed by atoms with Crippen molar-refractivity contribution in [2.75, 3.05) is 33.2 Å². The van der Waals surface area contributed by atoms with E-state index in [-0.39, 0.29) is 11.6 Å². The third kappa shape index (κ3) is 2.98. The Morgan fingerprint density at radius 1 is 1.21 bits per heavy atom. The molecule has 1 aliphatic rings. The molecule has 3 heterocycles. The van der Waals surface area contributed by atoms with Gasteiger partial charge in [0.05, 0.1) is 11.3 Å². The van der Waals surface area contributed by atoms with Crippen LogP contribution in [0.5, 0.6) is 0 Å². The van der Waals surface area contributed by atoms with Crippen LogP contribution in [0.4, 0.5) is 13.2 Å². The predicted octanol–water partition coefficient (Wildman–Crippen LogP) is 2.30. The van der Waals surface area contributed by atoms with Crippen LogP contribution in [0.2, 0.25) is 0 Å². The van der Waals surface area contributed by atoms with Gasteiger partial charge >= 0.3 is 6.18 Å². The maximum atomic E-state index is 13.0. The second kappa shape index (κ2) is 6.08. The number of pyridine rings is 1. The number of imidazole rings is 1. The molecule has 5 nitrogen and oxygen atoms in total. The van der Waals surface area contributed by atoms with Gasteiger partial charge < -0.3 is 9.80 Å². The van der Waals surface area contributed by atoms with E-state index in [2.05, 4.69) is 9.88 Å². The van der Waals surface area contributed by atoms with E-state index in [0.29, 0.717) is 30.9 Å². The van der Waals surface area contributed by atoms with E-state index in [4.69, 9.17) is 0 Å². The number of amides is 1. The fourth-order valence-corrected chi connectivity index (χ4v) is 2.89. The number of nitrogens with zero attached hydrogens (tertiary/aromatic N) is 4. The molecule has 0 N–H and O–H groups in total. The smallest absolute Gasteiger partial charge is 0.335 e. The molecule has 0 bridgehead atoms. The molecule has 1 saturated heterocycles. The molecule has 2 aromatic heterocycles. The maximum Gasteiger partial charge on any atom is 0.417 e. The quantitative estimate of drug-likeness (QED) is 0.842. The molecular weight excluding hydrogens is 321 g/mol. The monoisotopic (exact) mass is 340 g/mol. The molecule has 0 radical (unpaired) electrons. The molecule has 24 heavy (non-hydrogen) atoms. The maximum absolute atomic E-state index is 13.0. The molecule has 0 atom stereocenters. The lowest BCUT2D eigenvalue weighted by Gasteiger charge is -2.32. The summed E-state index contributed by atoms with van der Waals surface area (Å²) in [5.74, 6) is -0.258. The average molecular weight is 340 g/mol. The van der Waals surface area contributed by atoms with Gasteiger partial charge in [-0.1, -0.05) is 6.92 Å². The SMILES string of the molecule is CCc1nc2ccc(C(F)(F)F)cn2c1C(=O)N1CCN(C)CC1. The summed E-state index contributed by atoms with van der Waals surface area (Å²) in [6.07, 6.45) is -3.01. The fraction of sp³-hybridized carbons (Fsp3) is 0.500. The molecule has 1 amide bonds. The zero-order chi connectivity index (χ0) is 17.5. The van der Waals surface area contributed by atoms with E-state index in [0.717, 1.165) is 25.4 Å². The summed E-state index contributed by atoms with van der Waals surface area (Å²) in [5, 5.41) is 0. The van der Waals surface area contributed by atoms with Crippen LogP contribution < -0.4 is 0 Å². The number of alkyl halides is 3. The van der Waals surface area contributed by atoms with Crippen molar-refractivity contribution in [3.63, 3.8) is 0 Å². The first-order valence-electron chi connectivity index (χ1n) is 7.87. The van der Waals surface area contributed by atoms with E-state index >= 15 is 0 Å². The van der Waals surface area contributed by atoms with Gasteiger partial charge in [-0.25, -0.2) is 4.98 Å². The number of hydrogen-bond donors (Lipinski definition) is 0. The Hall–Kier alpha value is -2.09. The number of halogens is 3. The average Bonchev–Trinajstić information content (AvgIpc) is 2.91. The van der Waals surface area contributed by atoms with Crippen LogP contribution in [0.15, 0.2) is 18.3 Å². The van der Waals surface area contributed by atoms with Crippen LogP contribution in [-0.2, 0) is 12.6 Å². The third-order valence-electron chi connectivity index (χ3n) is 4.35. The molecule has 1 aliphatic heterocycles. The van der Waals surface area contributed by atoms with Gasteiger partial charge in [-0.2, -0.15) is 13.2 Å². The number of fused-ring (bicyclic) bond motifs is 1. The van der Waals surface area contributed by atoms with Gasteiger partial charge in [0.25, 0.3) is 5.91 Å². The summed E-state index contributed by atoms with van der Waals surface area (Å²) in [7, 11) is 1.98. The molecule has 1 fully saturated rings. The highest BCUT2D eigenvalue weighted by Gasteiger charge is 2.32. The Balaban J connectivity index is 2.06. The number of aryl methyl sites for hydroxylation is 1. The van der Waals surface area contributed by atoms with Crippen molar-refractivity contribution in [3.05, 3.63) is 35.3 Å². The highest BCUT2D eigenvalue weighted by molar-refractivity contribution is 5.95. The summed E-state index contributed by atoms with van der Waals surface area (Å²) in [6.45, 7) is 4.46. The highest BCUT2D eigenvalue weighted by atomic mass is 19.4. The summed E-state index contributed by atoms with van der Waals surface area (Å²) in [4.78, 5) is 21.0. The number of piperazine rings is 1. The molecule has 2 aromatic rings. The number of aromatic nitrogens is 2. The standard InChI is InChI=1S/C16H19F3N4O/c1-3-12-14(15(24)22-8-6-21(2)7-9-22)23-10-11(16(17,18)19)4-5-13(23)20-12/h4-5,10H,3,6-9H2,1-2H3. The summed E-state index contributed by atoms with van der Waals surface area (Å²) >= 11 is 0. The Morgan fingerprint density at radius 3 is 2.46 bits per heavy atom. The van der Waals surface area contributed by atoms with E-state index in [9.17, 15) is 18.0 Å². The van der Waals surface area contributed by atoms with Crippen molar-refractivity contribution in [1.82, 2.24) is 19.2 Å². The van der Waals surface area contributed by atoms with Crippen LogP contribution in [0.1, 0.15) is 28.7 Å². The molecule has 130 valence electrons. The van der Waals surface area contributed by atoms with Crippen LogP contribution >= 0.6 is 0 Å². The van der Waals surface area contributed by atoms with Crippen molar-refractivity contribution in [2.24, 2.45) is 0 Å². The molecular formula is C16H19F3N4O. The lowest BCUT2D eigenvalue weighted by molar-refractivity contribution is -0.137. The molecule has 0 saturated carbocycles. The minimum absolute atomic E-state index is 0.239. The van der Waals surface area contributed by atoms with Crippen LogP contribution in [0, 0.1) is 0 Å². The summed E-state index contributed by atoms with van der Waals surface area (Å²) in [5.41, 5.74) is 0.334. The number of carbonyl (C=O) groups is 1. The Morgan fingerprint density at radius 2 is 1.88 bits per heavy atom. The van der Waals surface area contributed by atoms with E-state index in [1.54, 1.807) is 4.90 Å². The largest absolute Gasteiger partial charge is 0.417 e. The number of hydrogen-bond acceptors (Lipinski definition) is 3. The van der Waals surface area contributed by atoms with Crippen LogP contribution in [0.25, 0.3) is 5.65 Å². The molecule has 0 unspecified atom stereocenters. The zero-order valence-corrected chi connectivity index (χ0v) is 13.6. The van der Waals surface area contributed by atoms with Crippen molar-refractivity contribution in [3.8, 4) is 0 Å². The molecule has 0 spiro atoms. The summed E-state index contributed by atoms with van der Waals surface area (Å²) < 4.78 is 40.3. The predicted molar refractivity (Wildman–Crippen MR) is 83.0 cm³/mol.